The molecule has 9 heteroatoms. The summed E-state index contributed by atoms with van der Waals surface area (Å²) < 4.78 is 43.3. The number of carbonyl (C=O) groups excluding carboxylic acids is 1. The number of hydrogen-bond donors (Lipinski definition) is 1. The highest BCUT2D eigenvalue weighted by atomic mass is 19.4. The van der Waals surface area contributed by atoms with Gasteiger partial charge in [-0.3, -0.25) is 0 Å². The average molecular weight is 346 g/mol. The maximum absolute atomic E-state index is 12.6. The Hall–Kier alpha value is -2.06. The van der Waals surface area contributed by atoms with Gasteiger partial charge in [-0.05, 0) is 26.8 Å². The van der Waals surface area contributed by atoms with E-state index < -0.39 is 11.9 Å². The van der Waals surface area contributed by atoms with Crippen molar-refractivity contribution in [2.45, 2.75) is 51.4 Å². The Labute approximate surface area is 138 Å². The first-order valence-electron chi connectivity index (χ1n) is 7.68. The number of piperidine rings is 1. The van der Waals surface area contributed by atoms with Gasteiger partial charge in [0.25, 0.3) is 0 Å². The number of nitrogens with one attached hydrogen (secondary N) is 1. The van der Waals surface area contributed by atoms with Crippen molar-refractivity contribution in [1.82, 2.24) is 20.2 Å². The molecule has 1 saturated heterocycles. The fourth-order valence-corrected chi connectivity index (χ4v) is 2.28. The molecule has 1 N–H and O–H groups in total. The van der Waals surface area contributed by atoms with Crippen molar-refractivity contribution in [1.29, 1.82) is 0 Å². The molecule has 0 unspecified atom stereocenters. The third-order valence-electron chi connectivity index (χ3n) is 3.41. The van der Waals surface area contributed by atoms with Crippen LogP contribution in [0, 0.1) is 0 Å². The van der Waals surface area contributed by atoms with Crippen molar-refractivity contribution >= 4 is 6.03 Å². The topological polar surface area (TPSA) is 67.4 Å². The van der Waals surface area contributed by atoms with E-state index >= 15 is 0 Å². The standard InChI is InChI=1S/C15H21F3N4O2/c1-14(2,3)21-13(23)22-8-5-10(6-9-22)24-12-19-7-4-11(20-12)15(16,17)18/h4,7,10H,5-6,8-9H2,1-3H3,(H,21,23). The third-order valence-corrected chi connectivity index (χ3v) is 3.41. The van der Waals surface area contributed by atoms with Crippen LogP contribution in [-0.2, 0) is 6.18 Å². The van der Waals surface area contributed by atoms with E-state index in [0.29, 0.717) is 25.9 Å². The first-order chi connectivity index (χ1) is 11.0. The summed E-state index contributed by atoms with van der Waals surface area (Å²) in [7, 11) is 0. The molecule has 0 aromatic carbocycles. The molecule has 0 spiro atoms. The van der Waals surface area contributed by atoms with Gasteiger partial charge in [0.15, 0.2) is 5.69 Å². The Morgan fingerprint density at radius 3 is 2.46 bits per heavy atom. The predicted molar refractivity (Wildman–Crippen MR) is 80.5 cm³/mol. The molecule has 1 aliphatic heterocycles. The van der Waals surface area contributed by atoms with Gasteiger partial charge in [0.1, 0.15) is 6.10 Å². The van der Waals surface area contributed by atoms with Crippen molar-refractivity contribution in [2.24, 2.45) is 0 Å². The Bertz CT molecular complexity index is 579. The lowest BCUT2D eigenvalue weighted by Crippen LogP contribution is -2.51. The van der Waals surface area contributed by atoms with Crippen LogP contribution < -0.4 is 10.1 Å². The number of ether oxygens (including phenoxy) is 1. The molecule has 0 atom stereocenters. The highest BCUT2D eigenvalue weighted by Gasteiger charge is 2.33. The predicted octanol–water partition coefficient (Wildman–Crippen LogP) is 2.85. The zero-order chi connectivity index (χ0) is 18.0. The van der Waals surface area contributed by atoms with E-state index in [-0.39, 0.29) is 23.7 Å². The van der Waals surface area contributed by atoms with Crippen LogP contribution in [0.25, 0.3) is 0 Å². The molecular formula is C15H21F3N4O2. The number of alkyl halides is 3. The Morgan fingerprint density at radius 1 is 1.29 bits per heavy atom. The largest absolute Gasteiger partial charge is 0.460 e. The molecule has 1 aromatic rings. The smallest absolute Gasteiger partial charge is 0.433 e. The minimum absolute atomic E-state index is 0.156. The van der Waals surface area contributed by atoms with Crippen molar-refractivity contribution < 1.29 is 22.7 Å². The molecule has 6 nitrogen and oxygen atoms in total. The summed E-state index contributed by atoms with van der Waals surface area (Å²) in [6.45, 7) is 6.61. The van der Waals surface area contributed by atoms with Crippen molar-refractivity contribution in [2.75, 3.05) is 13.1 Å². The quantitative estimate of drug-likeness (QED) is 0.894. The summed E-state index contributed by atoms with van der Waals surface area (Å²) in [5, 5.41) is 2.87. The normalized spacial score (nSPS) is 16.8. The summed E-state index contributed by atoms with van der Waals surface area (Å²) in [6.07, 6.45) is -2.80. The second-order valence-electron chi connectivity index (χ2n) is 6.71. The molecule has 1 aromatic heterocycles. The number of aromatic nitrogens is 2. The van der Waals surface area contributed by atoms with Gasteiger partial charge in [0, 0.05) is 37.7 Å². The minimum atomic E-state index is -4.53. The number of halogens is 3. The number of rotatable bonds is 2. The molecule has 1 aliphatic rings. The van der Waals surface area contributed by atoms with Crippen LogP contribution >= 0.6 is 0 Å². The summed E-state index contributed by atoms with van der Waals surface area (Å²) in [5.74, 6) is 0. The molecule has 24 heavy (non-hydrogen) atoms. The highest BCUT2D eigenvalue weighted by molar-refractivity contribution is 5.75. The van der Waals surface area contributed by atoms with Crippen LogP contribution in [0.5, 0.6) is 6.01 Å². The van der Waals surface area contributed by atoms with Gasteiger partial charge >= 0.3 is 18.2 Å². The molecule has 0 saturated carbocycles. The molecule has 0 radical (unpaired) electrons. The second kappa shape index (κ2) is 6.82. The molecule has 0 bridgehead atoms. The third kappa shape index (κ3) is 5.24. The van der Waals surface area contributed by atoms with Crippen molar-refractivity contribution in [3.63, 3.8) is 0 Å². The lowest BCUT2D eigenvalue weighted by molar-refractivity contribution is -0.141. The zero-order valence-corrected chi connectivity index (χ0v) is 13.9. The Kier molecular flexibility index (Phi) is 5.19. The number of nitrogens with zero attached hydrogens (tertiary/aromatic N) is 3. The molecular weight excluding hydrogens is 325 g/mol. The Morgan fingerprint density at radius 2 is 1.92 bits per heavy atom. The molecule has 2 rings (SSSR count). The molecule has 1 fully saturated rings. The van der Waals surface area contributed by atoms with Crippen molar-refractivity contribution in [3.05, 3.63) is 18.0 Å². The van der Waals surface area contributed by atoms with E-state index in [0.717, 1.165) is 12.3 Å². The van der Waals surface area contributed by atoms with Crippen LogP contribution in [0.15, 0.2) is 12.3 Å². The monoisotopic (exact) mass is 346 g/mol. The second-order valence-corrected chi connectivity index (χ2v) is 6.71. The van der Waals surface area contributed by atoms with Gasteiger partial charge in [0.2, 0.25) is 0 Å². The van der Waals surface area contributed by atoms with E-state index in [1.54, 1.807) is 4.90 Å². The molecule has 0 aliphatic carbocycles. The van der Waals surface area contributed by atoms with Crippen molar-refractivity contribution in [3.8, 4) is 6.01 Å². The lowest BCUT2D eigenvalue weighted by atomic mass is 10.1. The van der Waals surface area contributed by atoms with Gasteiger partial charge < -0.3 is 15.0 Å². The van der Waals surface area contributed by atoms with E-state index in [2.05, 4.69) is 15.3 Å². The Balaban J connectivity index is 1.88. The first kappa shape index (κ1) is 18.3. The average Bonchev–Trinajstić information content (AvgIpc) is 2.45. The highest BCUT2D eigenvalue weighted by Crippen LogP contribution is 2.28. The van der Waals surface area contributed by atoms with E-state index in [9.17, 15) is 18.0 Å². The van der Waals surface area contributed by atoms with Crippen LogP contribution in [0.3, 0.4) is 0 Å². The molecule has 2 amide bonds. The maximum Gasteiger partial charge on any atom is 0.433 e. The SMILES string of the molecule is CC(C)(C)NC(=O)N1CCC(Oc2nccc(C(F)(F)F)n2)CC1. The zero-order valence-electron chi connectivity index (χ0n) is 13.9. The minimum Gasteiger partial charge on any atom is -0.460 e. The molecule has 2 heterocycles. The van der Waals surface area contributed by atoms with Crippen LogP contribution in [0.2, 0.25) is 0 Å². The van der Waals surface area contributed by atoms with Gasteiger partial charge in [-0.1, -0.05) is 0 Å². The maximum atomic E-state index is 12.6. The number of likely N-dealkylation sites (tertiary alicyclic amines) is 1. The van der Waals surface area contributed by atoms with Crippen LogP contribution in [0.4, 0.5) is 18.0 Å². The van der Waals surface area contributed by atoms with Gasteiger partial charge in [-0.15, -0.1) is 0 Å². The van der Waals surface area contributed by atoms with Gasteiger partial charge in [-0.25, -0.2) is 9.78 Å². The number of amides is 2. The van der Waals surface area contributed by atoms with Crippen LogP contribution in [-0.4, -0.2) is 45.6 Å². The summed E-state index contributed by atoms with van der Waals surface area (Å²) in [5.41, 5.74) is -1.36. The number of urea groups is 1. The summed E-state index contributed by atoms with van der Waals surface area (Å²) in [4.78, 5) is 20.8. The summed E-state index contributed by atoms with van der Waals surface area (Å²) >= 11 is 0. The fraction of sp³-hybridized carbons (Fsp3) is 0.667. The van der Waals surface area contributed by atoms with E-state index in [4.69, 9.17) is 4.74 Å². The lowest BCUT2D eigenvalue weighted by Gasteiger charge is -2.34. The van der Waals surface area contributed by atoms with Gasteiger partial charge in [-0.2, -0.15) is 18.2 Å². The van der Waals surface area contributed by atoms with E-state index in [1.165, 1.54) is 0 Å². The van der Waals surface area contributed by atoms with Gasteiger partial charge in [0.05, 0.1) is 0 Å². The van der Waals surface area contributed by atoms with E-state index in [1.807, 2.05) is 20.8 Å². The fourth-order valence-electron chi connectivity index (χ4n) is 2.28. The summed E-state index contributed by atoms with van der Waals surface area (Å²) in [6, 6.07) is 0.352. The molecule has 134 valence electrons. The number of carbonyl (C=O) groups is 1. The van der Waals surface area contributed by atoms with Crippen LogP contribution in [0.1, 0.15) is 39.3 Å². The number of hydrogen-bond acceptors (Lipinski definition) is 4. The first-order valence-corrected chi connectivity index (χ1v) is 7.68.